The van der Waals surface area contributed by atoms with Crippen LogP contribution in [0.5, 0.6) is 5.75 Å². The van der Waals surface area contributed by atoms with Crippen LogP contribution >= 0.6 is 0 Å². The number of ether oxygens (including phenoxy) is 1. The fourth-order valence-corrected chi connectivity index (χ4v) is 3.58. The quantitative estimate of drug-likeness (QED) is 0.512. The highest BCUT2D eigenvalue weighted by Crippen LogP contribution is 2.32. The Hall–Kier alpha value is -3.04. The Labute approximate surface area is 159 Å². The second-order valence-electron chi connectivity index (χ2n) is 6.62. The number of aliphatic hydroxyl groups excluding tert-OH is 1. The molecule has 2 aromatic heterocycles. The summed E-state index contributed by atoms with van der Waals surface area (Å²) in [5.41, 5.74) is 6.85. The minimum atomic E-state index is 0.0487. The van der Waals surface area contributed by atoms with Gasteiger partial charge in [-0.15, -0.1) is 0 Å². The lowest BCUT2D eigenvalue weighted by molar-refractivity contribution is 0.283. The van der Waals surface area contributed by atoms with Crippen molar-refractivity contribution in [3.05, 3.63) is 95.8 Å². The lowest BCUT2D eigenvalue weighted by Crippen LogP contribution is -1.94. The molecule has 0 atom stereocenters. The average Bonchev–Trinajstić information content (AvgIpc) is 3.12. The first kappa shape index (κ1) is 17.4. The van der Waals surface area contributed by atoms with E-state index in [0.29, 0.717) is 6.61 Å². The SMILES string of the molecule is CCc1c(-c2ccc(OCc3ccccc3)cc2)cn2cccc(CO)c12. The van der Waals surface area contributed by atoms with Crippen molar-refractivity contribution in [3.8, 4) is 16.9 Å². The molecule has 3 heteroatoms. The van der Waals surface area contributed by atoms with Crippen LogP contribution in [0.1, 0.15) is 23.6 Å². The number of aromatic nitrogens is 1. The zero-order chi connectivity index (χ0) is 18.6. The third-order valence-corrected chi connectivity index (χ3v) is 4.92. The van der Waals surface area contributed by atoms with E-state index in [2.05, 4.69) is 41.8 Å². The van der Waals surface area contributed by atoms with Gasteiger partial charge in [0.2, 0.25) is 0 Å². The van der Waals surface area contributed by atoms with Gasteiger partial charge in [-0.25, -0.2) is 0 Å². The summed E-state index contributed by atoms with van der Waals surface area (Å²) in [6.07, 6.45) is 5.09. The van der Waals surface area contributed by atoms with Crippen molar-refractivity contribution in [1.29, 1.82) is 0 Å². The number of fused-ring (bicyclic) bond motifs is 1. The number of nitrogens with zero attached hydrogens (tertiary/aromatic N) is 1. The smallest absolute Gasteiger partial charge is 0.119 e. The number of pyridine rings is 1. The molecule has 0 aliphatic rings. The monoisotopic (exact) mass is 357 g/mol. The van der Waals surface area contributed by atoms with Crippen molar-refractivity contribution in [3.63, 3.8) is 0 Å². The molecule has 0 aliphatic carbocycles. The van der Waals surface area contributed by atoms with Crippen molar-refractivity contribution in [2.24, 2.45) is 0 Å². The Balaban J connectivity index is 1.62. The van der Waals surface area contributed by atoms with Gasteiger partial charge < -0.3 is 14.2 Å². The third kappa shape index (κ3) is 3.46. The summed E-state index contributed by atoms with van der Waals surface area (Å²) >= 11 is 0. The molecule has 0 spiro atoms. The molecule has 0 amide bonds. The molecule has 0 aliphatic heterocycles. The zero-order valence-electron chi connectivity index (χ0n) is 15.4. The third-order valence-electron chi connectivity index (χ3n) is 4.92. The van der Waals surface area contributed by atoms with Crippen LogP contribution < -0.4 is 4.74 Å². The van der Waals surface area contributed by atoms with Gasteiger partial charge in [-0.3, -0.25) is 0 Å². The Kier molecular flexibility index (Phi) is 4.95. The number of aliphatic hydroxyl groups is 1. The summed E-state index contributed by atoms with van der Waals surface area (Å²) < 4.78 is 8.01. The van der Waals surface area contributed by atoms with Gasteiger partial charge in [0.05, 0.1) is 12.1 Å². The Morgan fingerprint density at radius 3 is 2.41 bits per heavy atom. The molecule has 0 saturated carbocycles. The molecule has 4 aromatic rings. The molecule has 27 heavy (non-hydrogen) atoms. The molecule has 1 N–H and O–H groups in total. The van der Waals surface area contributed by atoms with Gasteiger partial charge in [0, 0.05) is 23.5 Å². The average molecular weight is 357 g/mol. The second-order valence-corrected chi connectivity index (χ2v) is 6.62. The van der Waals surface area contributed by atoms with Crippen LogP contribution in [0.2, 0.25) is 0 Å². The van der Waals surface area contributed by atoms with Crippen LogP contribution in [0.4, 0.5) is 0 Å². The molecule has 2 aromatic carbocycles. The summed E-state index contributed by atoms with van der Waals surface area (Å²) in [6, 6.07) is 22.4. The molecule has 0 fully saturated rings. The number of rotatable bonds is 6. The summed E-state index contributed by atoms with van der Waals surface area (Å²) in [6.45, 7) is 2.77. The topological polar surface area (TPSA) is 33.9 Å². The summed E-state index contributed by atoms with van der Waals surface area (Å²) in [4.78, 5) is 0. The molecule has 3 nitrogen and oxygen atoms in total. The maximum atomic E-state index is 9.69. The van der Waals surface area contributed by atoms with Crippen molar-refractivity contribution >= 4 is 5.52 Å². The van der Waals surface area contributed by atoms with Crippen molar-refractivity contribution in [2.75, 3.05) is 0 Å². The van der Waals surface area contributed by atoms with Crippen LogP contribution in [0, 0.1) is 0 Å². The van der Waals surface area contributed by atoms with Crippen LogP contribution in [0.25, 0.3) is 16.6 Å². The molecule has 4 rings (SSSR count). The van der Waals surface area contributed by atoms with Crippen molar-refractivity contribution in [1.82, 2.24) is 4.40 Å². The van der Waals surface area contributed by atoms with Crippen molar-refractivity contribution in [2.45, 2.75) is 26.6 Å². The zero-order valence-corrected chi connectivity index (χ0v) is 15.4. The van der Waals surface area contributed by atoms with E-state index in [1.807, 2.05) is 48.7 Å². The molecule has 0 radical (unpaired) electrons. The first-order valence-corrected chi connectivity index (χ1v) is 9.29. The summed E-state index contributed by atoms with van der Waals surface area (Å²) in [5, 5.41) is 9.69. The van der Waals surface area contributed by atoms with E-state index in [1.165, 1.54) is 11.1 Å². The van der Waals surface area contributed by atoms with Gasteiger partial charge in [0.15, 0.2) is 0 Å². The fraction of sp³-hybridized carbons (Fsp3) is 0.167. The molecule has 136 valence electrons. The molecule has 0 bridgehead atoms. The molecule has 0 saturated heterocycles. The summed E-state index contributed by atoms with van der Waals surface area (Å²) in [7, 11) is 0. The first-order valence-electron chi connectivity index (χ1n) is 9.29. The maximum Gasteiger partial charge on any atom is 0.119 e. The number of aryl methyl sites for hydroxylation is 1. The van der Waals surface area contributed by atoms with E-state index in [0.717, 1.165) is 34.4 Å². The molecule has 2 heterocycles. The highest BCUT2D eigenvalue weighted by molar-refractivity contribution is 5.79. The lowest BCUT2D eigenvalue weighted by Gasteiger charge is -2.08. The van der Waals surface area contributed by atoms with Gasteiger partial charge >= 0.3 is 0 Å². The standard InChI is InChI=1S/C24H23NO2/c1-2-22-23(15-25-14-6-9-20(16-26)24(22)25)19-10-12-21(13-11-19)27-17-18-7-4-3-5-8-18/h3-15,26H,2,16-17H2,1H3. The number of hydrogen-bond donors (Lipinski definition) is 1. The second kappa shape index (κ2) is 7.68. The van der Waals surface area contributed by atoms with Crippen LogP contribution in [-0.4, -0.2) is 9.51 Å². The first-order chi connectivity index (χ1) is 13.3. The maximum absolute atomic E-state index is 9.69. The van der Waals surface area contributed by atoms with Crippen LogP contribution in [0.15, 0.2) is 79.1 Å². The Bertz CT molecular complexity index is 1030. The van der Waals surface area contributed by atoms with Crippen LogP contribution in [0.3, 0.4) is 0 Å². The number of hydrogen-bond acceptors (Lipinski definition) is 2. The van der Waals surface area contributed by atoms with Gasteiger partial charge in [0.25, 0.3) is 0 Å². The van der Waals surface area contributed by atoms with E-state index >= 15 is 0 Å². The molecular formula is C24H23NO2. The van der Waals surface area contributed by atoms with E-state index < -0.39 is 0 Å². The number of benzene rings is 2. The highest BCUT2D eigenvalue weighted by atomic mass is 16.5. The molecule has 0 unspecified atom stereocenters. The van der Waals surface area contributed by atoms with Crippen molar-refractivity contribution < 1.29 is 9.84 Å². The lowest BCUT2D eigenvalue weighted by atomic mass is 10.0. The van der Waals surface area contributed by atoms with Gasteiger partial charge in [-0.05, 0) is 41.3 Å². The Morgan fingerprint density at radius 1 is 0.926 bits per heavy atom. The largest absolute Gasteiger partial charge is 0.489 e. The van der Waals surface area contributed by atoms with Gasteiger partial charge in [0.1, 0.15) is 12.4 Å². The highest BCUT2D eigenvalue weighted by Gasteiger charge is 2.13. The van der Waals surface area contributed by atoms with E-state index in [4.69, 9.17) is 4.74 Å². The minimum Gasteiger partial charge on any atom is -0.489 e. The minimum absolute atomic E-state index is 0.0487. The predicted molar refractivity (Wildman–Crippen MR) is 109 cm³/mol. The normalized spacial score (nSPS) is 11.0. The molecular weight excluding hydrogens is 334 g/mol. The summed E-state index contributed by atoms with van der Waals surface area (Å²) in [5.74, 6) is 0.862. The predicted octanol–water partition coefficient (Wildman–Crippen LogP) is 5.24. The van der Waals surface area contributed by atoms with E-state index in [9.17, 15) is 5.11 Å². The fourth-order valence-electron chi connectivity index (χ4n) is 3.58. The van der Waals surface area contributed by atoms with E-state index in [-0.39, 0.29) is 6.61 Å². The van der Waals surface area contributed by atoms with Gasteiger partial charge in [-0.2, -0.15) is 0 Å². The van der Waals surface area contributed by atoms with Gasteiger partial charge in [-0.1, -0.05) is 55.5 Å². The van der Waals surface area contributed by atoms with E-state index in [1.54, 1.807) is 0 Å². The Morgan fingerprint density at radius 2 is 1.70 bits per heavy atom. The van der Waals surface area contributed by atoms with Crippen LogP contribution in [-0.2, 0) is 19.6 Å².